The van der Waals surface area contributed by atoms with E-state index in [0.29, 0.717) is 11.9 Å². The number of aromatic nitrogens is 2. The van der Waals surface area contributed by atoms with E-state index in [2.05, 4.69) is 47.2 Å². The Hall–Kier alpha value is -1.81. The van der Waals surface area contributed by atoms with Crippen molar-refractivity contribution in [1.29, 1.82) is 0 Å². The van der Waals surface area contributed by atoms with Crippen molar-refractivity contribution < 1.29 is 4.74 Å². The average molecular weight is 273 g/mol. The first kappa shape index (κ1) is 14.6. The highest BCUT2D eigenvalue weighted by molar-refractivity contribution is 5.26. The van der Waals surface area contributed by atoms with Crippen molar-refractivity contribution in [1.82, 2.24) is 14.9 Å². The van der Waals surface area contributed by atoms with E-state index >= 15 is 0 Å². The molecular formula is C16H23N3O. The summed E-state index contributed by atoms with van der Waals surface area (Å²) in [6, 6.07) is 6.60. The molecule has 0 fully saturated rings. The lowest BCUT2D eigenvalue weighted by Gasteiger charge is -2.14. The van der Waals surface area contributed by atoms with Crippen molar-refractivity contribution in [2.24, 2.45) is 0 Å². The van der Waals surface area contributed by atoms with E-state index in [-0.39, 0.29) is 0 Å². The van der Waals surface area contributed by atoms with Crippen molar-refractivity contribution in [3.8, 4) is 5.88 Å². The molecule has 0 aromatic carbocycles. The van der Waals surface area contributed by atoms with Crippen LogP contribution in [0.2, 0.25) is 0 Å². The van der Waals surface area contributed by atoms with Gasteiger partial charge in [-0.25, -0.2) is 4.98 Å². The van der Waals surface area contributed by atoms with Crippen LogP contribution in [-0.2, 0) is 6.54 Å². The number of nitrogens with one attached hydrogen (secondary N) is 1. The quantitative estimate of drug-likeness (QED) is 0.843. The molecule has 0 saturated carbocycles. The number of hydrogen-bond donors (Lipinski definition) is 1. The van der Waals surface area contributed by atoms with Gasteiger partial charge < -0.3 is 14.6 Å². The first-order valence-corrected chi connectivity index (χ1v) is 7.15. The Morgan fingerprint density at radius 1 is 1.35 bits per heavy atom. The zero-order valence-corrected chi connectivity index (χ0v) is 12.5. The van der Waals surface area contributed by atoms with Gasteiger partial charge >= 0.3 is 0 Å². The van der Waals surface area contributed by atoms with Gasteiger partial charge in [-0.15, -0.1) is 0 Å². The smallest absolute Gasteiger partial charge is 0.218 e. The van der Waals surface area contributed by atoms with Crippen LogP contribution in [0.15, 0.2) is 36.8 Å². The Morgan fingerprint density at radius 2 is 2.20 bits per heavy atom. The van der Waals surface area contributed by atoms with Crippen LogP contribution in [0.5, 0.6) is 5.88 Å². The molecule has 2 aromatic heterocycles. The standard InChI is InChI=1S/C16H23N3O/c1-4-15(17-5-2)13-8-10-19(11-13)12-14-7-6-9-18-16(14)20-3/h6-11,15,17H,4-5,12H2,1-3H3. The largest absolute Gasteiger partial charge is 0.481 e. The minimum Gasteiger partial charge on any atom is -0.481 e. The van der Waals surface area contributed by atoms with Crippen molar-refractivity contribution in [3.05, 3.63) is 47.9 Å². The van der Waals surface area contributed by atoms with Crippen LogP contribution in [0.1, 0.15) is 37.4 Å². The predicted molar refractivity (Wildman–Crippen MR) is 81.0 cm³/mol. The lowest BCUT2D eigenvalue weighted by atomic mass is 10.1. The van der Waals surface area contributed by atoms with Crippen molar-refractivity contribution >= 4 is 0 Å². The summed E-state index contributed by atoms with van der Waals surface area (Å²) in [5, 5.41) is 3.50. The van der Waals surface area contributed by atoms with Crippen molar-refractivity contribution in [3.63, 3.8) is 0 Å². The molecule has 0 amide bonds. The molecule has 2 rings (SSSR count). The molecule has 108 valence electrons. The minimum atomic E-state index is 0.428. The van der Waals surface area contributed by atoms with Gasteiger partial charge in [0.15, 0.2) is 0 Å². The average Bonchev–Trinajstić information content (AvgIpc) is 2.93. The van der Waals surface area contributed by atoms with Gasteiger partial charge in [-0.05, 0) is 30.7 Å². The molecule has 2 heterocycles. The van der Waals surface area contributed by atoms with Crippen LogP contribution in [-0.4, -0.2) is 23.2 Å². The highest BCUT2D eigenvalue weighted by Crippen LogP contribution is 2.19. The van der Waals surface area contributed by atoms with Gasteiger partial charge in [-0.2, -0.15) is 0 Å². The summed E-state index contributed by atoms with van der Waals surface area (Å²) >= 11 is 0. The molecule has 1 unspecified atom stereocenters. The number of methoxy groups -OCH3 is 1. The number of nitrogens with zero attached hydrogens (tertiary/aromatic N) is 2. The molecule has 0 aliphatic rings. The summed E-state index contributed by atoms with van der Waals surface area (Å²) in [5.74, 6) is 0.696. The van der Waals surface area contributed by atoms with Crippen molar-refractivity contribution in [2.45, 2.75) is 32.9 Å². The van der Waals surface area contributed by atoms with Gasteiger partial charge in [0.25, 0.3) is 0 Å². The monoisotopic (exact) mass is 273 g/mol. The summed E-state index contributed by atoms with van der Waals surface area (Å²) in [6.45, 7) is 6.11. The molecule has 0 radical (unpaired) electrons. The molecular weight excluding hydrogens is 250 g/mol. The van der Waals surface area contributed by atoms with Crippen LogP contribution in [0.25, 0.3) is 0 Å². The first-order valence-electron chi connectivity index (χ1n) is 7.15. The summed E-state index contributed by atoms with van der Waals surface area (Å²) in [5.41, 5.74) is 2.42. The summed E-state index contributed by atoms with van der Waals surface area (Å²) in [7, 11) is 1.66. The van der Waals surface area contributed by atoms with Crippen LogP contribution in [0, 0.1) is 0 Å². The third-order valence-corrected chi connectivity index (χ3v) is 3.43. The van der Waals surface area contributed by atoms with Crippen LogP contribution < -0.4 is 10.1 Å². The minimum absolute atomic E-state index is 0.428. The van der Waals surface area contributed by atoms with Gasteiger partial charge in [0.2, 0.25) is 5.88 Å². The SMILES string of the molecule is CCNC(CC)c1ccn(Cc2cccnc2OC)c1. The van der Waals surface area contributed by atoms with Gasteiger partial charge in [-0.3, -0.25) is 0 Å². The highest BCUT2D eigenvalue weighted by Gasteiger charge is 2.10. The molecule has 0 bridgehead atoms. The summed E-state index contributed by atoms with van der Waals surface area (Å²) in [6.07, 6.45) is 7.15. The second-order valence-electron chi connectivity index (χ2n) is 4.81. The van der Waals surface area contributed by atoms with E-state index in [1.807, 2.05) is 12.1 Å². The molecule has 1 atom stereocenters. The molecule has 4 nitrogen and oxygen atoms in total. The number of hydrogen-bond acceptors (Lipinski definition) is 3. The maximum absolute atomic E-state index is 5.29. The topological polar surface area (TPSA) is 39.1 Å². The Bertz CT molecular complexity index is 536. The maximum Gasteiger partial charge on any atom is 0.218 e. The molecule has 4 heteroatoms. The third-order valence-electron chi connectivity index (χ3n) is 3.43. The highest BCUT2D eigenvalue weighted by atomic mass is 16.5. The molecule has 2 aromatic rings. The van der Waals surface area contributed by atoms with Crippen LogP contribution in [0.4, 0.5) is 0 Å². The van der Waals surface area contributed by atoms with Crippen molar-refractivity contribution in [2.75, 3.05) is 13.7 Å². The maximum atomic E-state index is 5.29. The van der Waals surface area contributed by atoms with E-state index in [9.17, 15) is 0 Å². The predicted octanol–water partition coefficient (Wildman–Crippen LogP) is 3.00. The Balaban J connectivity index is 2.13. The second-order valence-corrected chi connectivity index (χ2v) is 4.81. The Kier molecular flexibility index (Phi) is 5.18. The van der Waals surface area contributed by atoms with Gasteiger partial charge in [0.1, 0.15) is 0 Å². The number of ether oxygens (including phenoxy) is 1. The Morgan fingerprint density at radius 3 is 2.90 bits per heavy atom. The lowest BCUT2D eigenvalue weighted by Crippen LogP contribution is -2.19. The second kappa shape index (κ2) is 7.10. The molecule has 0 saturated heterocycles. The summed E-state index contributed by atoms with van der Waals surface area (Å²) < 4.78 is 7.47. The van der Waals surface area contributed by atoms with E-state index in [4.69, 9.17) is 4.74 Å². The number of rotatable bonds is 7. The summed E-state index contributed by atoms with van der Waals surface area (Å²) in [4.78, 5) is 4.23. The first-order chi connectivity index (χ1) is 9.78. The Labute approximate surface area is 120 Å². The molecule has 0 spiro atoms. The zero-order chi connectivity index (χ0) is 14.4. The fourth-order valence-electron chi connectivity index (χ4n) is 2.43. The van der Waals surface area contributed by atoms with Gasteiger partial charge in [0.05, 0.1) is 13.7 Å². The fraction of sp³-hybridized carbons (Fsp3) is 0.438. The van der Waals surface area contributed by atoms with E-state index < -0.39 is 0 Å². The third kappa shape index (κ3) is 3.39. The fourth-order valence-corrected chi connectivity index (χ4v) is 2.43. The molecule has 0 aliphatic carbocycles. The van der Waals surface area contributed by atoms with Crippen LogP contribution >= 0.6 is 0 Å². The van der Waals surface area contributed by atoms with E-state index in [1.165, 1.54) is 5.56 Å². The van der Waals surface area contributed by atoms with Gasteiger partial charge in [0, 0.05) is 30.2 Å². The van der Waals surface area contributed by atoms with Gasteiger partial charge in [-0.1, -0.05) is 19.9 Å². The van der Waals surface area contributed by atoms with E-state index in [0.717, 1.165) is 25.1 Å². The molecule has 20 heavy (non-hydrogen) atoms. The molecule has 0 aliphatic heterocycles. The van der Waals surface area contributed by atoms with Crippen LogP contribution in [0.3, 0.4) is 0 Å². The molecule has 1 N–H and O–H groups in total. The number of pyridine rings is 1. The lowest BCUT2D eigenvalue weighted by molar-refractivity contribution is 0.391. The normalized spacial score (nSPS) is 12.3. The van der Waals surface area contributed by atoms with E-state index in [1.54, 1.807) is 13.3 Å². The zero-order valence-electron chi connectivity index (χ0n) is 12.5.